The minimum Gasteiger partial charge on any atom is -1.00 e. The van der Waals surface area contributed by atoms with Crippen LogP contribution < -0.4 is 21.9 Å². The highest BCUT2D eigenvalue weighted by Gasteiger charge is 2.31. The fourth-order valence-electron chi connectivity index (χ4n) is 4.49. The summed E-state index contributed by atoms with van der Waals surface area (Å²) in [5.74, 6) is 1.44. The number of ether oxygens (including phenoxy) is 2. The number of fused-ring (bicyclic) bond motifs is 2. The quantitative estimate of drug-likeness (QED) is 0.537. The summed E-state index contributed by atoms with van der Waals surface area (Å²) in [6, 6.07) is 20.1. The van der Waals surface area contributed by atoms with Crippen LogP contribution in [0.3, 0.4) is 0 Å². The minimum atomic E-state index is -0.159. The minimum absolute atomic E-state index is 0. The molecule has 5 heteroatoms. The van der Waals surface area contributed by atoms with Crippen LogP contribution in [0, 0.1) is 5.82 Å². The van der Waals surface area contributed by atoms with Crippen molar-refractivity contribution in [2.45, 2.75) is 39.2 Å². The third kappa shape index (κ3) is 4.37. The van der Waals surface area contributed by atoms with Crippen molar-refractivity contribution in [1.29, 1.82) is 0 Å². The molecule has 2 aliphatic rings. The van der Waals surface area contributed by atoms with Gasteiger partial charge in [-0.25, -0.2) is 8.97 Å². The predicted octanol–water partition coefficient (Wildman–Crippen LogP) is 2.51. The molecule has 0 unspecified atom stereocenters. The van der Waals surface area contributed by atoms with Crippen LogP contribution in [0.15, 0.2) is 60.7 Å². The molecule has 0 amide bonds. The van der Waals surface area contributed by atoms with Crippen molar-refractivity contribution in [2.75, 3.05) is 13.3 Å². The van der Waals surface area contributed by atoms with Crippen LogP contribution >= 0.6 is 0 Å². The Morgan fingerprint density at radius 1 is 0.969 bits per heavy atom. The molecule has 0 atom stereocenters. The molecule has 2 heterocycles. The van der Waals surface area contributed by atoms with E-state index in [-0.39, 0.29) is 25.0 Å². The van der Waals surface area contributed by atoms with Crippen LogP contribution in [-0.2, 0) is 19.4 Å². The van der Waals surface area contributed by atoms with Gasteiger partial charge in [0.05, 0.1) is 11.1 Å². The molecule has 3 aromatic rings. The monoisotopic (exact) mass is 451 g/mol. The van der Waals surface area contributed by atoms with E-state index in [0.717, 1.165) is 47.7 Å². The Balaban J connectivity index is 0.00000245. The van der Waals surface area contributed by atoms with E-state index in [2.05, 4.69) is 47.9 Å². The number of unbranched alkanes of at least 4 members (excludes halogenated alkanes) is 1. The molecule has 0 fully saturated rings. The first-order chi connectivity index (χ1) is 15.2. The number of hydrogen-bond acceptors (Lipinski definition) is 2. The second kappa shape index (κ2) is 9.74. The lowest BCUT2D eigenvalue weighted by Crippen LogP contribution is -3.00. The standard InChI is InChI=1S/C27H27FNO2.ClH/c1-2-3-6-19-9-11-20(12-10-19)27-23-16-26-25(30-18-31-26)15-21(23)13-14-29(27)17-22-7-4-5-8-24(22)28;/h4-5,7-12,15-16H,2-3,6,13-14,17-18H2,1H3;1H/q+1;/p-1. The Labute approximate surface area is 194 Å². The molecule has 166 valence electrons. The molecule has 0 spiro atoms. The van der Waals surface area contributed by atoms with Gasteiger partial charge in [-0.2, -0.15) is 0 Å². The van der Waals surface area contributed by atoms with E-state index in [1.54, 1.807) is 6.07 Å². The Morgan fingerprint density at radius 3 is 2.47 bits per heavy atom. The van der Waals surface area contributed by atoms with Gasteiger partial charge in [-0.3, -0.25) is 0 Å². The van der Waals surface area contributed by atoms with Gasteiger partial charge < -0.3 is 21.9 Å². The van der Waals surface area contributed by atoms with E-state index in [1.807, 2.05) is 12.1 Å². The zero-order valence-corrected chi connectivity index (χ0v) is 19.0. The largest absolute Gasteiger partial charge is 1.00 e. The van der Waals surface area contributed by atoms with Gasteiger partial charge >= 0.3 is 0 Å². The molecule has 0 saturated carbocycles. The Hall–Kier alpha value is -2.85. The van der Waals surface area contributed by atoms with E-state index in [0.29, 0.717) is 12.1 Å². The van der Waals surface area contributed by atoms with Crippen molar-refractivity contribution < 1.29 is 30.8 Å². The van der Waals surface area contributed by atoms with Crippen molar-refractivity contribution in [3.63, 3.8) is 0 Å². The van der Waals surface area contributed by atoms with Gasteiger partial charge in [0.2, 0.25) is 12.5 Å². The molecule has 32 heavy (non-hydrogen) atoms. The Bertz CT molecular complexity index is 1140. The molecular formula is C27H27ClFNO2. The highest BCUT2D eigenvalue weighted by Crippen LogP contribution is 2.37. The first-order valence-corrected chi connectivity index (χ1v) is 11.1. The highest BCUT2D eigenvalue weighted by atomic mass is 35.5. The second-order valence-corrected chi connectivity index (χ2v) is 8.27. The molecule has 0 aromatic heterocycles. The summed E-state index contributed by atoms with van der Waals surface area (Å²) in [5, 5.41) is 0. The maximum Gasteiger partial charge on any atom is 0.231 e. The maximum absolute atomic E-state index is 14.4. The zero-order valence-electron chi connectivity index (χ0n) is 18.2. The molecule has 5 rings (SSSR count). The summed E-state index contributed by atoms with van der Waals surface area (Å²) in [6.07, 6.45) is 4.37. The number of aryl methyl sites for hydroxylation is 1. The van der Waals surface area contributed by atoms with Crippen LogP contribution in [-0.4, -0.2) is 23.6 Å². The Morgan fingerprint density at radius 2 is 1.72 bits per heavy atom. The van der Waals surface area contributed by atoms with E-state index < -0.39 is 0 Å². The second-order valence-electron chi connectivity index (χ2n) is 8.27. The van der Waals surface area contributed by atoms with Gasteiger partial charge in [-0.1, -0.05) is 37.6 Å². The number of benzene rings is 3. The van der Waals surface area contributed by atoms with E-state index in [4.69, 9.17) is 9.47 Å². The van der Waals surface area contributed by atoms with Gasteiger partial charge in [-0.15, -0.1) is 0 Å². The molecule has 0 aliphatic carbocycles. The van der Waals surface area contributed by atoms with Crippen molar-refractivity contribution in [3.05, 3.63) is 94.3 Å². The molecule has 3 nitrogen and oxygen atoms in total. The third-order valence-corrected chi connectivity index (χ3v) is 6.19. The first kappa shape index (κ1) is 22.3. The molecule has 0 saturated heterocycles. The van der Waals surface area contributed by atoms with Crippen molar-refractivity contribution >= 4 is 5.71 Å². The molecule has 3 aromatic carbocycles. The van der Waals surface area contributed by atoms with E-state index >= 15 is 0 Å². The first-order valence-electron chi connectivity index (χ1n) is 11.1. The summed E-state index contributed by atoms with van der Waals surface area (Å²) in [7, 11) is 0. The average Bonchev–Trinajstić information content (AvgIpc) is 3.25. The summed E-state index contributed by atoms with van der Waals surface area (Å²) in [5.41, 5.74) is 6.74. The lowest BCUT2D eigenvalue weighted by molar-refractivity contribution is -0.544. The van der Waals surface area contributed by atoms with Gasteiger partial charge in [0, 0.05) is 12.0 Å². The fraction of sp³-hybridized carbons (Fsp3) is 0.296. The fourth-order valence-corrected chi connectivity index (χ4v) is 4.49. The zero-order chi connectivity index (χ0) is 21.2. The number of hydrogen-bond donors (Lipinski definition) is 0. The predicted molar refractivity (Wildman–Crippen MR) is 120 cm³/mol. The van der Waals surface area contributed by atoms with E-state index in [9.17, 15) is 4.39 Å². The third-order valence-electron chi connectivity index (χ3n) is 6.19. The lowest BCUT2D eigenvalue weighted by Gasteiger charge is -2.20. The van der Waals surface area contributed by atoms with Gasteiger partial charge in [0.25, 0.3) is 0 Å². The van der Waals surface area contributed by atoms with Gasteiger partial charge in [-0.05, 0) is 60.4 Å². The van der Waals surface area contributed by atoms with Crippen LogP contribution in [0.2, 0.25) is 0 Å². The normalized spacial score (nSPS) is 14.2. The lowest BCUT2D eigenvalue weighted by atomic mass is 9.91. The molecule has 0 radical (unpaired) electrons. The molecule has 0 bridgehead atoms. The summed E-state index contributed by atoms with van der Waals surface area (Å²) in [4.78, 5) is 0. The smallest absolute Gasteiger partial charge is 0.231 e. The number of rotatable bonds is 6. The van der Waals surface area contributed by atoms with Crippen LogP contribution in [0.4, 0.5) is 4.39 Å². The van der Waals surface area contributed by atoms with Crippen molar-refractivity contribution in [3.8, 4) is 11.5 Å². The van der Waals surface area contributed by atoms with Crippen LogP contribution in [0.25, 0.3) is 0 Å². The summed E-state index contributed by atoms with van der Waals surface area (Å²) < 4.78 is 28.0. The maximum atomic E-state index is 14.4. The SMILES string of the molecule is CCCCc1ccc(C2=[N+](Cc3ccccc3F)CCc3cc4c(cc32)OCO4)cc1.[Cl-]. The van der Waals surface area contributed by atoms with Crippen molar-refractivity contribution in [2.24, 2.45) is 0 Å². The Kier molecular flexibility index (Phi) is 6.80. The van der Waals surface area contributed by atoms with E-state index in [1.165, 1.54) is 30.0 Å². The van der Waals surface area contributed by atoms with Gasteiger partial charge in [0.1, 0.15) is 12.4 Å². The molecule has 0 N–H and O–H groups in total. The van der Waals surface area contributed by atoms with Crippen LogP contribution in [0.5, 0.6) is 11.5 Å². The number of nitrogens with zero attached hydrogens (tertiary/aromatic N) is 1. The topological polar surface area (TPSA) is 21.5 Å². The van der Waals surface area contributed by atoms with Crippen molar-refractivity contribution in [1.82, 2.24) is 0 Å². The van der Waals surface area contributed by atoms with Crippen LogP contribution in [0.1, 0.15) is 47.6 Å². The average molecular weight is 452 g/mol. The highest BCUT2D eigenvalue weighted by molar-refractivity contribution is 6.11. The molecule has 2 aliphatic heterocycles. The summed E-state index contributed by atoms with van der Waals surface area (Å²) in [6.45, 7) is 3.84. The number of halogens is 2. The van der Waals surface area contributed by atoms with Gasteiger partial charge in [0.15, 0.2) is 18.0 Å². The molecular weight excluding hydrogens is 425 g/mol. The summed E-state index contributed by atoms with van der Waals surface area (Å²) >= 11 is 0.